The average Bonchev–Trinajstić information content (AvgIpc) is 2.62. The number of anilines is 1. The van der Waals surface area contributed by atoms with Crippen molar-refractivity contribution in [2.24, 2.45) is 7.05 Å². The first-order valence-corrected chi connectivity index (χ1v) is 6.59. The molecular weight excluding hydrogens is 230 g/mol. The van der Waals surface area contributed by atoms with E-state index in [-0.39, 0.29) is 0 Å². The van der Waals surface area contributed by atoms with Crippen molar-refractivity contribution in [1.82, 2.24) is 9.78 Å². The molecule has 0 saturated heterocycles. The highest BCUT2D eigenvalue weighted by Crippen LogP contribution is 2.28. The average molecular weight is 247 g/mol. The van der Waals surface area contributed by atoms with E-state index in [1.165, 1.54) is 10.5 Å². The Morgan fingerprint density at radius 3 is 2.65 bits per heavy atom. The summed E-state index contributed by atoms with van der Waals surface area (Å²) in [5.74, 6) is 2.05. The van der Waals surface area contributed by atoms with Crippen molar-refractivity contribution in [2.45, 2.75) is 17.6 Å². The second-order valence-corrected chi connectivity index (χ2v) is 4.94. The fourth-order valence-electron chi connectivity index (χ4n) is 1.86. The smallest absolute Gasteiger partial charge is 0.128 e. The lowest BCUT2D eigenvalue weighted by Crippen LogP contribution is -2.00. The van der Waals surface area contributed by atoms with Crippen LogP contribution in [0.4, 0.5) is 5.82 Å². The van der Waals surface area contributed by atoms with Gasteiger partial charge in [-0.15, -0.1) is 11.8 Å². The third kappa shape index (κ3) is 2.64. The van der Waals surface area contributed by atoms with Crippen LogP contribution in [0, 0.1) is 6.92 Å². The van der Waals surface area contributed by atoms with Crippen molar-refractivity contribution in [3.05, 3.63) is 41.6 Å². The van der Waals surface area contributed by atoms with E-state index in [2.05, 4.69) is 41.6 Å². The summed E-state index contributed by atoms with van der Waals surface area (Å²) in [7, 11) is 3.91. The molecule has 17 heavy (non-hydrogen) atoms. The van der Waals surface area contributed by atoms with Gasteiger partial charge in [0.05, 0.1) is 5.69 Å². The highest BCUT2D eigenvalue weighted by atomic mass is 32.2. The minimum absolute atomic E-state index is 0.944. The van der Waals surface area contributed by atoms with Crippen molar-refractivity contribution >= 4 is 17.6 Å². The molecule has 0 amide bonds. The maximum Gasteiger partial charge on any atom is 0.128 e. The standard InChI is InChI=1S/C13H17N3S/c1-10-12(13(14-2)16(3)15-10)9-17-11-7-5-4-6-8-11/h4-8,14H,9H2,1-3H3. The Bertz CT molecular complexity index is 491. The van der Waals surface area contributed by atoms with Crippen LogP contribution in [0.25, 0.3) is 0 Å². The number of thioether (sulfide) groups is 1. The lowest BCUT2D eigenvalue weighted by molar-refractivity contribution is 0.763. The fourth-order valence-corrected chi connectivity index (χ4v) is 2.87. The van der Waals surface area contributed by atoms with Gasteiger partial charge in [-0.2, -0.15) is 5.10 Å². The van der Waals surface area contributed by atoms with E-state index in [1.54, 1.807) is 0 Å². The minimum Gasteiger partial charge on any atom is -0.373 e. The molecule has 90 valence electrons. The second kappa shape index (κ2) is 5.27. The van der Waals surface area contributed by atoms with E-state index < -0.39 is 0 Å². The van der Waals surface area contributed by atoms with Crippen molar-refractivity contribution in [3.63, 3.8) is 0 Å². The molecule has 1 heterocycles. The van der Waals surface area contributed by atoms with Crippen molar-refractivity contribution in [2.75, 3.05) is 12.4 Å². The highest BCUT2D eigenvalue weighted by Gasteiger charge is 2.11. The Labute approximate surface area is 106 Å². The molecule has 0 unspecified atom stereocenters. The molecule has 0 saturated carbocycles. The number of aromatic nitrogens is 2. The SMILES string of the molecule is CNc1c(CSc2ccccc2)c(C)nn1C. The van der Waals surface area contributed by atoms with Crippen LogP contribution in [-0.2, 0) is 12.8 Å². The van der Waals surface area contributed by atoms with E-state index in [1.807, 2.05) is 36.6 Å². The number of nitrogens with zero attached hydrogens (tertiary/aromatic N) is 2. The Hall–Kier alpha value is -1.42. The number of aryl methyl sites for hydroxylation is 2. The zero-order chi connectivity index (χ0) is 12.3. The van der Waals surface area contributed by atoms with Gasteiger partial charge in [-0.05, 0) is 19.1 Å². The summed E-state index contributed by atoms with van der Waals surface area (Å²) in [6.07, 6.45) is 0. The summed E-state index contributed by atoms with van der Waals surface area (Å²) in [4.78, 5) is 1.29. The maximum absolute atomic E-state index is 4.43. The van der Waals surface area contributed by atoms with Gasteiger partial charge < -0.3 is 5.32 Å². The van der Waals surface area contributed by atoms with Gasteiger partial charge in [0.1, 0.15) is 5.82 Å². The van der Waals surface area contributed by atoms with Gasteiger partial charge in [0.25, 0.3) is 0 Å². The number of rotatable bonds is 4. The Balaban J connectivity index is 2.14. The van der Waals surface area contributed by atoms with E-state index in [9.17, 15) is 0 Å². The van der Waals surface area contributed by atoms with Gasteiger partial charge >= 0.3 is 0 Å². The molecule has 3 nitrogen and oxygen atoms in total. The highest BCUT2D eigenvalue weighted by molar-refractivity contribution is 7.98. The van der Waals surface area contributed by atoms with E-state index >= 15 is 0 Å². The molecule has 2 rings (SSSR count). The molecule has 0 radical (unpaired) electrons. The Kier molecular flexibility index (Phi) is 3.74. The van der Waals surface area contributed by atoms with Gasteiger partial charge in [0, 0.05) is 30.3 Å². The molecule has 0 spiro atoms. The van der Waals surface area contributed by atoms with Crippen LogP contribution < -0.4 is 5.32 Å². The van der Waals surface area contributed by atoms with Gasteiger partial charge in [-0.3, -0.25) is 4.68 Å². The molecule has 4 heteroatoms. The summed E-state index contributed by atoms with van der Waals surface area (Å²) in [5, 5.41) is 7.64. The predicted octanol–water partition coefficient (Wildman–Crippen LogP) is 3.06. The van der Waals surface area contributed by atoms with Crippen LogP contribution in [0.15, 0.2) is 35.2 Å². The van der Waals surface area contributed by atoms with Crippen LogP contribution in [0.1, 0.15) is 11.3 Å². The fraction of sp³-hybridized carbons (Fsp3) is 0.308. The van der Waals surface area contributed by atoms with Gasteiger partial charge in [0.15, 0.2) is 0 Å². The minimum atomic E-state index is 0.944. The quantitative estimate of drug-likeness (QED) is 0.842. The molecule has 0 atom stereocenters. The lowest BCUT2D eigenvalue weighted by atomic mass is 10.3. The molecule has 0 aliphatic rings. The maximum atomic E-state index is 4.43. The van der Waals surface area contributed by atoms with Crippen LogP contribution in [-0.4, -0.2) is 16.8 Å². The Morgan fingerprint density at radius 2 is 2.00 bits per heavy atom. The summed E-state index contributed by atoms with van der Waals surface area (Å²) in [6.45, 7) is 2.06. The van der Waals surface area contributed by atoms with Crippen LogP contribution in [0.3, 0.4) is 0 Å². The van der Waals surface area contributed by atoms with Crippen molar-refractivity contribution < 1.29 is 0 Å². The topological polar surface area (TPSA) is 29.9 Å². The number of benzene rings is 1. The number of hydrogen-bond acceptors (Lipinski definition) is 3. The molecule has 1 aromatic heterocycles. The zero-order valence-corrected chi connectivity index (χ0v) is 11.2. The third-order valence-electron chi connectivity index (χ3n) is 2.71. The van der Waals surface area contributed by atoms with Crippen LogP contribution in [0.2, 0.25) is 0 Å². The molecule has 1 N–H and O–H groups in total. The third-order valence-corrected chi connectivity index (χ3v) is 3.75. The second-order valence-electron chi connectivity index (χ2n) is 3.89. The molecule has 0 aliphatic carbocycles. The van der Waals surface area contributed by atoms with Crippen molar-refractivity contribution in [1.29, 1.82) is 0 Å². The summed E-state index contributed by atoms with van der Waals surface area (Å²) < 4.78 is 1.90. The normalized spacial score (nSPS) is 10.5. The molecular formula is C13H17N3S. The number of hydrogen-bond donors (Lipinski definition) is 1. The van der Waals surface area contributed by atoms with E-state index in [4.69, 9.17) is 0 Å². The van der Waals surface area contributed by atoms with Gasteiger partial charge in [-0.1, -0.05) is 18.2 Å². The summed E-state index contributed by atoms with van der Waals surface area (Å²) in [6, 6.07) is 10.4. The van der Waals surface area contributed by atoms with E-state index in [0.717, 1.165) is 17.3 Å². The first-order chi connectivity index (χ1) is 8.22. The molecule has 0 aliphatic heterocycles. The van der Waals surface area contributed by atoms with Gasteiger partial charge in [0.2, 0.25) is 0 Å². The van der Waals surface area contributed by atoms with Gasteiger partial charge in [-0.25, -0.2) is 0 Å². The number of nitrogens with one attached hydrogen (secondary N) is 1. The molecule has 0 bridgehead atoms. The zero-order valence-electron chi connectivity index (χ0n) is 10.4. The first kappa shape index (κ1) is 12.0. The largest absolute Gasteiger partial charge is 0.373 e. The first-order valence-electron chi connectivity index (χ1n) is 5.60. The monoisotopic (exact) mass is 247 g/mol. The van der Waals surface area contributed by atoms with Crippen molar-refractivity contribution in [3.8, 4) is 0 Å². The summed E-state index contributed by atoms with van der Waals surface area (Å²) >= 11 is 1.84. The molecule has 0 fully saturated rings. The molecule has 2 aromatic rings. The van der Waals surface area contributed by atoms with E-state index in [0.29, 0.717) is 0 Å². The summed E-state index contributed by atoms with van der Waals surface area (Å²) in [5.41, 5.74) is 2.38. The Morgan fingerprint density at radius 1 is 1.29 bits per heavy atom. The predicted molar refractivity (Wildman–Crippen MR) is 73.5 cm³/mol. The lowest BCUT2D eigenvalue weighted by Gasteiger charge is -2.05. The van der Waals surface area contributed by atoms with Crippen LogP contribution in [0.5, 0.6) is 0 Å². The molecule has 1 aromatic carbocycles. The van der Waals surface area contributed by atoms with Crippen LogP contribution >= 0.6 is 11.8 Å².